The van der Waals surface area contributed by atoms with Crippen molar-refractivity contribution in [3.8, 4) is 0 Å². The normalized spacial score (nSPS) is 15.3. The zero-order valence-corrected chi connectivity index (χ0v) is 12.0. The average Bonchev–Trinajstić information content (AvgIpc) is 2.94. The molecule has 21 heavy (non-hydrogen) atoms. The summed E-state index contributed by atoms with van der Waals surface area (Å²) >= 11 is 0. The molecule has 0 bridgehead atoms. The first-order valence-corrected chi connectivity index (χ1v) is 7.09. The molecule has 1 aliphatic heterocycles. The number of hydrogen-bond donors (Lipinski definition) is 1. The monoisotopic (exact) mass is 287 g/mol. The van der Waals surface area contributed by atoms with Gasteiger partial charge in [-0.25, -0.2) is 4.39 Å². The minimum Gasteiger partial charge on any atom is -0.368 e. The number of rotatable bonds is 2. The minimum atomic E-state index is -0.226. The second-order valence-electron chi connectivity index (χ2n) is 5.27. The number of benzene rings is 1. The number of nitrogens with zero attached hydrogens (tertiary/aromatic N) is 2. The smallest absolute Gasteiger partial charge is 0.255 e. The zero-order chi connectivity index (χ0) is 14.8. The molecule has 0 spiro atoms. The molecule has 0 radical (unpaired) electrons. The van der Waals surface area contributed by atoms with Crippen molar-refractivity contribution in [2.75, 3.05) is 31.1 Å². The lowest BCUT2D eigenvalue weighted by molar-refractivity contribution is 0.0746. The highest BCUT2D eigenvalue weighted by Crippen LogP contribution is 2.18. The molecule has 0 aliphatic carbocycles. The van der Waals surface area contributed by atoms with E-state index in [0.29, 0.717) is 13.1 Å². The Hall–Kier alpha value is -2.30. The van der Waals surface area contributed by atoms with Crippen molar-refractivity contribution in [2.24, 2.45) is 0 Å². The van der Waals surface area contributed by atoms with Gasteiger partial charge in [-0.05, 0) is 37.3 Å². The lowest BCUT2D eigenvalue weighted by atomic mass is 10.2. The van der Waals surface area contributed by atoms with E-state index in [0.717, 1.165) is 30.0 Å². The van der Waals surface area contributed by atoms with Crippen molar-refractivity contribution in [3.63, 3.8) is 0 Å². The second-order valence-corrected chi connectivity index (χ2v) is 5.27. The van der Waals surface area contributed by atoms with E-state index in [-0.39, 0.29) is 11.7 Å². The van der Waals surface area contributed by atoms with Crippen LogP contribution in [0.2, 0.25) is 0 Å². The molecule has 0 saturated carbocycles. The van der Waals surface area contributed by atoms with E-state index in [1.54, 1.807) is 18.3 Å². The summed E-state index contributed by atoms with van der Waals surface area (Å²) in [6.07, 6.45) is 1.79. The van der Waals surface area contributed by atoms with Crippen LogP contribution in [0.15, 0.2) is 36.5 Å². The molecule has 2 aromatic rings. The largest absolute Gasteiger partial charge is 0.368 e. The number of piperazine rings is 1. The van der Waals surface area contributed by atoms with Crippen LogP contribution in [0.4, 0.5) is 10.1 Å². The lowest BCUT2D eigenvalue weighted by Crippen LogP contribution is -2.48. The minimum absolute atomic E-state index is 0.0764. The summed E-state index contributed by atoms with van der Waals surface area (Å²) in [5, 5.41) is 0. The van der Waals surface area contributed by atoms with Crippen molar-refractivity contribution >= 4 is 11.6 Å². The first-order chi connectivity index (χ1) is 10.1. The molecule has 4 nitrogen and oxygen atoms in total. The van der Waals surface area contributed by atoms with Crippen LogP contribution in [0.3, 0.4) is 0 Å². The summed E-state index contributed by atoms with van der Waals surface area (Å²) < 4.78 is 12.9. The summed E-state index contributed by atoms with van der Waals surface area (Å²) in [5.74, 6) is -0.150. The van der Waals surface area contributed by atoms with Crippen LogP contribution in [0.25, 0.3) is 0 Å². The van der Waals surface area contributed by atoms with Gasteiger partial charge in [0.2, 0.25) is 0 Å². The number of H-pyrrole nitrogens is 1. The highest BCUT2D eigenvalue weighted by molar-refractivity contribution is 5.95. The summed E-state index contributed by atoms with van der Waals surface area (Å²) in [7, 11) is 0. The van der Waals surface area contributed by atoms with Crippen molar-refractivity contribution in [1.29, 1.82) is 0 Å². The van der Waals surface area contributed by atoms with Gasteiger partial charge in [-0.1, -0.05) is 0 Å². The maximum atomic E-state index is 12.9. The molecule has 1 aromatic heterocycles. The van der Waals surface area contributed by atoms with Gasteiger partial charge in [0.25, 0.3) is 5.91 Å². The van der Waals surface area contributed by atoms with Gasteiger partial charge in [0.15, 0.2) is 0 Å². The molecule has 2 heterocycles. The Balaban J connectivity index is 1.64. The van der Waals surface area contributed by atoms with Gasteiger partial charge in [-0.3, -0.25) is 4.79 Å². The van der Waals surface area contributed by atoms with Gasteiger partial charge in [-0.2, -0.15) is 0 Å². The number of aromatic nitrogens is 1. The summed E-state index contributed by atoms with van der Waals surface area (Å²) in [6, 6.07) is 8.32. The van der Waals surface area contributed by atoms with Gasteiger partial charge < -0.3 is 14.8 Å². The van der Waals surface area contributed by atoms with Crippen molar-refractivity contribution in [1.82, 2.24) is 9.88 Å². The van der Waals surface area contributed by atoms with Crippen LogP contribution in [-0.2, 0) is 0 Å². The maximum absolute atomic E-state index is 12.9. The average molecular weight is 287 g/mol. The van der Waals surface area contributed by atoms with Crippen molar-refractivity contribution < 1.29 is 9.18 Å². The van der Waals surface area contributed by atoms with Gasteiger partial charge in [0.05, 0.1) is 5.56 Å². The third-order valence-electron chi connectivity index (χ3n) is 3.94. The Labute approximate surface area is 123 Å². The molecule has 110 valence electrons. The highest BCUT2D eigenvalue weighted by Gasteiger charge is 2.23. The Morgan fingerprint density at radius 3 is 2.33 bits per heavy atom. The molecule has 1 N–H and O–H groups in total. The van der Waals surface area contributed by atoms with Crippen molar-refractivity contribution in [3.05, 3.63) is 53.6 Å². The van der Waals surface area contributed by atoms with Crippen LogP contribution in [0.5, 0.6) is 0 Å². The van der Waals surface area contributed by atoms with Crippen LogP contribution in [-0.4, -0.2) is 42.0 Å². The zero-order valence-electron chi connectivity index (χ0n) is 12.0. The predicted molar refractivity (Wildman–Crippen MR) is 80.0 cm³/mol. The Morgan fingerprint density at radius 1 is 1.10 bits per heavy atom. The fraction of sp³-hybridized carbons (Fsp3) is 0.312. The first kappa shape index (κ1) is 13.7. The second kappa shape index (κ2) is 5.60. The molecule has 1 aromatic carbocycles. The van der Waals surface area contributed by atoms with E-state index in [2.05, 4.69) is 9.88 Å². The summed E-state index contributed by atoms with van der Waals surface area (Å²) in [6.45, 7) is 4.80. The molecule has 3 rings (SSSR count). The number of aryl methyl sites for hydroxylation is 1. The third kappa shape index (κ3) is 2.77. The Bertz CT molecular complexity index is 627. The van der Waals surface area contributed by atoms with E-state index in [4.69, 9.17) is 0 Å². The molecule has 5 heteroatoms. The van der Waals surface area contributed by atoms with Crippen molar-refractivity contribution in [2.45, 2.75) is 6.92 Å². The molecule has 1 saturated heterocycles. The SMILES string of the molecule is Cc1[nH]ccc1C(=O)N1CCN(c2ccc(F)cc2)CC1. The molecule has 1 amide bonds. The van der Waals surface area contributed by atoms with Gasteiger partial charge in [-0.15, -0.1) is 0 Å². The Kier molecular flexibility index (Phi) is 3.64. The summed E-state index contributed by atoms with van der Waals surface area (Å²) in [5.41, 5.74) is 2.65. The fourth-order valence-corrected chi connectivity index (χ4v) is 2.67. The van der Waals surface area contributed by atoms with E-state index < -0.39 is 0 Å². The molecule has 0 atom stereocenters. The van der Waals surface area contributed by atoms with Gasteiger partial charge >= 0.3 is 0 Å². The van der Waals surface area contributed by atoms with E-state index >= 15 is 0 Å². The Morgan fingerprint density at radius 2 is 1.76 bits per heavy atom. The van der Waals surface area contributed by atoms with E-state index in [1.807, 2.05) is 17.9 Å². The first-order valence-electron chi connectivity index (χ1n) is 7.09. The predicted octanol–water partition coefficient (Wildman–Crippen LogP) is 2.42. The van der Waals surface area contributed by atoms with Crippen LogP contribution < -0.4 is 4.90 Å². The molecule has 0 unspecified atom stereocenters. The highest BCUT2D eigenvalue weighted by atomic mass is 19.1. The lowest BCUT2D eigenvalue weighted by Gasteiger charge is -2.36. The molecular weight excluding hydrogens is 269 g/mol. The fourth-order valence-electron chi connectivity index (χ4n) is 2.67. The van der Waals surface area contributed by atoms with E-state index in [9.17, 15) is 9.18 Å². The maximum Gasteiger partial charge on any atom is 0.255 e. The number of anilines is 1. The number of halogens is 1. The van der Waals surface area contributed by atoms with Gasteiger partial charge in [0, 0.05) is 43.8 Å². The molecular formula is C16H18FN3O. The number of aromatic amines is 1. The van der Waals surface area contributed by atoms with E-state index in [1.165, 1.54) is 12.1 Å². The molecule has 1 aliphatic rings. The number of nitrogens with one attached hydrogen (secondary N) is 1. The quantitative estimate of drug-likeness (QED) is 0.921. The summed E-state index contributed by atoms with van der Waals surface area (Å²) in [4.78, 5) is 19.5. The number of carbonyl (C=O) groups is 1. The number of amides is 1. The van der Waals surface area contributed by atoms with Crippen LogP contribution >= 0.6 is 0 Å². The van der Waals surface area contributed by atoms with Crippen LogP contribution in [0.1, 0.15) is 16.1 Å². The van der Waals surface area contributed by atoms with Crippen LogP contribution in [0, 0.1) is 12.7 Å². The standard InChI is InChI=1S/C16H18FN3O/c1-12-15(6-7-18-12)16(21)20-10-8-19(9-11-20)14-4-2-13(17)3-5-14/h2-7,18H,8-11H2,1H3. The third-order valence-corrected chi connectivity index (χ3v) is 3.94. The topological polar surface area (TPSA) is 39.3 Å². The van der Waals surface area contributed by atoms with Gasteiger partial charge in [0.1, 0.15) is 5.82 Å². The number of hydrogen-bond acceptors (Lipinski definition) is 2. The molecule has 1 fully saturated rings. The number of carbonyl (C=O) groups excluding carboxylic acids is 1.